The van der Waals surface area contributed by atoms with Gasteiger partial charge in [-0.05, 0) is 30.5 Å². The first-order chi connectivity index (χ1) is 5.77. The molecule has 1 aliphatic rings. The second kappa shape index (κ2) is 3.43. The summed E-state index contributed by atoms with van der Waals surface area (Å²) in [6.45, 7) is 2.17. The van der Waals surface area contributed by atoms with E-state index in [4.69, 9.17) is 0 Å². The minimum atomic E-state index is 0.480. The Kier molecular flexibility index (Phi) is 2.47. The maximum Gasteiger partial charge on any atom is 0.0367 e. The predicted molar refractivity (Wildman–Crippen MR) is 58.2 cm³/mol. The average molecular weight is 243 g/mol. The number of alkyl halides is 1. The van der Waals surface area contributed by atoms with Crippen LogP contribution in [0.15, 0.2) is 23.1 Å². The molecule has 1 heterocycles. The summed E-state index contributed by atoms with van der Waals surface area (Å²) in [4.78, 5) is 1.96. The highest BCUT2D eigenvalue weighted by Gasteiger charge is 2.12. The molecule has 0 N–H and O–H groups in total. The number of aryl methyl sites for hydroxylation is 1. The first-order valence-corrected chi connectivity index (χ1v) is 6.07. The highest BCUT2D eigenvalue weighted by molar-refractivity contribution is 9.09. The fourth-order valence-corrected chi connectivity index (χ4v) is 2.79. The number of hydrogen-bond donors (Lipinski definition) is 0. The molecule has 0 saturated carbocycles. The quantitative estimate of drug-likeness (QED) is 0.676. The van der Waals surface area contributed by atoms with Crippen LogP contribution in [0.2, 0.25) is 0 Å². The smallest absolute Gasteiger partial charge is 0.0367 e. The van der Waals surface area contributed by atoms with E-state index >= 15 is 0 Å². The zero-order valence-electron chi connectivity index (χ0n) is 7.01. The van der Waals surface area contributed by atoms with E-state index in [1.165, 1.54) is 28.2 Å². The van der Waals surface area contributed by atoms with Gasteiger partial charge in [0, 0.05) is 15.5 Å². The fraction of sp³-hybridized carbons (Fsp3) is 0.400. The van der Waals surface area contributed by atoms with Gasteiger partial charge in [0.25, 0.3) is 0 Å². The molecule has 0 saturated heterocycles. The van der Waals surface area contributed by atoms with Crippen LogP contribution in [0.5, 0.6) is 0 Å². The van der Waals surface area contributed by atoms with Gasteiger partial charge < -0.3 is 0 Å². The molecule has 0 fully saturated rings. The molecule has 12 heavy (non-hydrogen) atoms. The van der Waals surface area contributed by atoms with Gasteiger partial charge in [-0.3, -0.25) is 0 Å². The Hall–Kier alpha value is 0.0500. The van der Waals surface area contributed by atoms with Crippen molar-refractivity contribution in [2.24, 2.45) is 0 Å². The summed E-state index contributed by atoms with van der Waals surface area (Å²) in [6.07, 6.45) is 1.24. The monoisotopic (exact) mass is 242 g/mol. The zero-order valence-corrected chi connectivity index (χ0v) is 9.41. The molecule has 1 atom stereocenters. The van der Waals surface area contributed by atoms with Crippen molar-refractivity contribution in [3.05, 3.63) is 29.3 Å². The minimum absolute atomic E-state index is 0.480. The van der Waals surface area contributed by atoms with Crippen molar-refractivity contribution in [1.82, 2.24) is 0 Å². The van der Waals surface area contributed by atoms with E-state index in [9.17, 15) is 0 Å². The van der Waals surface area contributed by atoms with Crippen molar-refractivity contribution in [2.45, 2.75) is 23.1 Å². The zero-order chi connectivity index (χ0) is 8.55. The molecule has 0 bridgehead atoms. The number of fused-ring (bicyclic) bond motifs is 1. The van der Waals surface area contributed by atoms with Gasteiger partial charge in [0.2, 0.25) is 0 Å². The van der Waals surface area contributed by atoms with E-state index in [1.54, 1.807) is 0 Å². The Balaban J connectivity index is 2.39. The van der Waals surface area contributed by atoms with Gasteiger partial charge >= 0.3 is 0 Å². The Morgan fingerprint density at radius 1 is 1.50 bits per heavy atom. The molecular formula is C10H11BrS. The normalized spacial score (nSPS) is 17.5. The van der Waals surface area contributed by atoms with Crippen LogP contribution in [0, 0.1) is 0 Å². The minimum Gasteiger partial charge on any atom is -0.126 e. The van der Waals surface area contributed by atoms with Crippen LogP contribution in [0.1, 0.15) is 22.9 Å². The molecule has 2 heteroatoms. The Labute approximate surface area is 85.9 Å². The molecule has 1 aromatic rings. The summed E-state index contributed by atoms with van der Waals surface area (Å²) in [7, 11) is 0. The number of benzene rings is 1. The summed E-state index contributed by atoms with van der Waals surface area (Å²) in [5.41, 5.74) is 2.93. The lowest BCUT2D eigenvalue weighted by atomic mass is 10.1. The molecule has 64 valence electrons. The van der Waals surface area contributed by atoms with Crippen LogP contribution in [-0.4, -0.2) is 5.75 Å². The van der Waals surface area contributed by atoms with Gasteiger partial charge in [0.05, 0.1) is 0 Å². The molecular weight excluding hydrogens is 232 g/mol. The van der Waals surface area contributed by atoms with Crippen LogP contribution in [0.4, 0.5) is 0 Å². The van der Waals surface area contributed by atoms with Gasteiger partial charge in [0.1, 0.15) is 0 Å². The van der Waals surface area contributed by atoms with Gasteiger partial charge in [-0.2, -0.15) is 0 Å². The summed E-state index contributed by atoms with van der Waals surface area (Å²) >= 11 is 5.56. The van der Waals surface area contributed by atoms with Crippen LogP contribution in [-0.2, 0) is 6.42 Å². The number of halogens is 1. The molecule has 2 rings (SSSR count). The average Bonchev–Trinajstić information content (AvgIpc) is 2.49. The molecule has 0 aliphatic carbocycles. The van der Waals surface area contributed by atoms with E-state index in [0.717, 1.165) is 0 Å². The fourth-order valence-electron chi connectivity index (χ4n) is 1.45. The van der Waals surface area contributed by atoms with Crippen LogP contribution < -0.4 is 0 Å². The summed E-state index contributed by atoms with van der Waals surface area (Å²) in [5, 5.41) is 0. The highest BCUT2D eigenvalue weighted by atomic mass is 79.9. The lowest BCUT2D eigenvalue weighted by molar-refractivity contribution is 1.07. The third-order valence-electron chi connectivity index (χ3n) is 2.17. The van der Waals surface area contributed by atoms with Gasteiger partial charge in [0.15, 0.2) is 0 Å². The summed E-state index contributed by atoms with van der Waals surface area (Å²) < 4.78 is 0. The molecule has 1 aliphatic heterocycles. The van der Waals surface area contributed by atoms with E-state index in [-0.39, 0.29) is 0 Å². The first kappa shape index (κ1) is 8.64. The van der Waals surface area contributed by atoms with Gasteiger partial charge in [-0.15, -0.1) is 11.8 Å². The number of hydrogen-bond acceptors (Lipinski definition) is 1. The van der Waals surface area contributed by atoms with E-state index in [2.05, 4.69) is 41.1 Å². The van der Waals surface area contributed by atoms with E-state index in [1.807, 2.05) is 11.8 Å². The first-order valence-electron chi connectivity index (χ1n) is 4.17. The SMILES string of the molecule is CC(Br)c1ccc2c(c1)CCS2. The Morgan fingerprint density at radius 3 is 3.08 bits per heavy atom. The molecule has 0 aromatic heterocycles. The van der Waals surface area contributed by atoms with Crippen LogP contribution in [0.3, 0.4) is 0 Å². The summed E-state index contributed by atoms with van der Waals surface area (Å²) in [6, 6.07) is 6.80. The largest absolute Gasteiger partial charge is 0.126 e. The lowest BCUT2D eigenvalue weighted by Gasteiger charge is -2.05. The topological polar surface area (TPSA) is 0 Å². The van der Waals surface area contributed by atoms with Crippen LogP contribution in [0.25, 0.3) is 0 Å². The van der Waals surface area contributed by atoms with E-state index < -0.39 is 0 Å². The predicted octanol–water partition coefficient (Wildman–Crippen LogP) is 3.79. The molecule has 1 aromatic carbocycles. The van der Waals surface area contributed by atoms with Crippen molar-refractivity contribution >= 4 is 27.7 Å². The number of rotatable bonds is 1. The van der Waals surface area contributed by atoms with Crippen molar-refractivity contribution in [2.75, 3.05) is 5.75 Å². The Morgan fingerprint density at radius 2 is 2.33 bits per heavy atom. The second-order valence-corrected chi connectivity index (χ2v) is 5.59. The maximum absolute atomic E-state index is 3.58. The van der Waals surface area contributed by atoms with Crippen molar-refractivity contribution in [1.29, 1.82) is 0 Å². The molecule has 0 amide bonds. The van der Waals surface area contributed by atoms with Crippen molar-refractivity contribution < 1.29 is 0 Å². The van der Waals surface area contributed by atoms with E-state index in [0.29, 0.717) is 4.83 Å². The van der Waals surface area contributed by atoms with Gasteiger partial charge in [-0.25, -0.2) is 0 Å². The summed E-state index contributed by atoms with van der Waals surface area (Å²) in [5.74, 6) is 1.26. The lowest BCUT2D eigenvalue weighted by Crippen LogP contribution is -1.87. The molecule has 0 spiro atoms. The van der Waals surface area contributed by atoms with Gasteiger partial charge in [-0.1, -0.05) is 28.1 Å². The Bertz CT molecular complexity index is 294. The number of thioether (sulfide) groups is 1. The van der Waals surface area contributed by atoms with Crippen molar-refractivity contribution in [3.8, 4) is 0 Å². The molecule has 0 nitrogen and oxygen atoms in total. The van der Waals surface area contributed by atoms with Crippen molar-refractivity contribution in [3.63, 3.8) is 0 Å². The standard InChI is InChI=1S/C10H11BrS/c1-7(11)8-2-3-10-9(6-8)4-5-12-10/h2-3,6-7H,4-5H2,1H3. The third-order valence-corrected chi connectivity index (χ3v) is 3.82. The molecule has 1 unspecified atom stereocenters. The third kappa shape index (κ3) is 1.55. The molecule has 0 radical (unpaired) electrons. The second-order valence-electron chi connectivity index (χ2n) is 3.08. The highest BCUT2D eigenvalue weighted by Crippen LogP contribution is 2.34. The maximum atomic E-state index is 3.58. The van der Waals surface area contributed by atoms with Crippen LogP contribution >= 0.6 is 27.7 Å².